The van der Waals surface area contributed by atoms with Crippen molar-refractivity contribution in [2.75, 3.05) is 13.1 Å². The van der Waals surface area contributed by atoms with Crippen molar-refractivity contribution in [3.05, 3.63) is 48.6 Å². The van der Waals surface area contributed by atoms with Gasteiger partial charge in [-0.3, -0.25) is 0 Å². The van der Waals surface area contributed by atoms with E-state index in [4.69, 9.17) is 0 Å². The van der Waals surface area contributed by atoms with E-state index in [2.05, 4.69) is 24.6 Å². The Morgan fingerprint density at radius 3 is 2.75 bits per heavy atom. The summed E-state index contributed by atoms with van der Waals surface area (Å²) in [6, 6.07) is 0. The van der Waals surface area contributed by atoms with Gasteiger partial charge < -0.3 is 5.32 Å². The molecule has 0 saturated heterocycles. The molecule has 0 bridgehead atoms. The molecule has 0 saturated carbocycles. The van der Waals surface area contributed by atoms with Crippen LogP contribution in [-0.4, -0.2) is 13.1 Å². The zero-order valence-electron chi connectivity index (χ0n) is 7.34. The zero-order valence-corrected chi connectivity index (χ0v) is 7.34. The minimum atomic E-state index is 0.950. The Morgan fingerprint density at radius 2 is 2.08 bits per heavy atom. The smallest absolute Gasteiger partial charge is 0.0208 e. The van der Waals surface area contributed by atoms with Gasteiger partial charge in [0.05, 0.1) is 0 Å². The van der Waals surface area contributed by atoms with Crippen molar-refractivity contribution in [3.8, 4) is 0 Å². The molecule has 0 aromatic carbocycles. The van der Waals surface area contributed by atoms with E-state index in [-0.39, 0.29) is 0 Å². The Kier molecular flexibility index (Phi) is 3.55. The van der Waals surface area contributed by atoms with Crippen LogP contribution in [0.25, 0.3) is 0 Å². The highest BCUT2D eigenvalue weighted by Gasteiger charge is 2.05. The highest BCUT2D eigenvalue weighted by atomic mass is 14.9. The van der Waals surface area contributed by atoms with E-state index in [1.54, 1.807) is 6.08 Å². The molecule has 1 N–H and O–H groups in total. The first kappa shape index (κ1) is 9.01. The number of allylic oxidation sites excluding steroid dienone is 3. The Bertz CT molecular complexity index is 233. The molecular formula is C11H15N. The van der Waals surface area contributed by atoms with Crippen LogP contribution < -0.4 is 5.32 Å². The van der Waals surface area contributed by atoms with Crippen LogP contribution in [0.3, 0.4) is 0 Å². The van der Waals surface area contributed by atoms with Crippen LogP contribution >= 0.6 is 0 Å². The van der Waals surface area contributed by atoms with E-state index in [1.807, 2.05) is 12.2 Å². The third-order valence-electron chi connectivity index (χ3n) is 1.98. The second-order valence-electron chi connectivity index (χ2n) is 2.78. The highest BCUT2D eigenvalue weighted by Crippen LogP contribution is 2.14. The van der Waals surface area contributed by atoms with Crippen LogP contribution in [0.15, 0.2) is 48.6 Å². The summed E-state index contributed by atoms with van der Waals surface area (Å²) in [5.74, 6) is 0. The summed E-state index contributed by atoms with van der Waals surface area (Å²) in [4.78, 5) is 0. The molecule has 1 heteroatoms. The quantitative estimate of drug-likeness (QED) is 0.626. The second-order valence-corrected chi connectivity index (χ2v) is 2.78. The molecule has 0 atom stereocenters. The number of hydrogen-bond donors (Lipinski definition) is 1. The van der Waals surface area contributed by atoms with Crippen LogP contribution in [0.1, 0.15) is 6.42 Å². The van der Waals surface area contributed by atoms with E-state index >= 15 is 0 Å². The van der Waals surface area contributed by atoms with Crippen molar-refractivity contribution in [1.29, 1.82) is 0 Å². The molecule has 0 amide bonds. The summed E-state index contributed by atoms with van der Waals surface area (Å²) in [7, 11) is 0. The van der Waals surface area contributed by atoms with Crippen LogP contribution in [0, 0.1) is 0 Å². The monoisotopic (exact) mass is 161 g/mol. The SMILES string of the molecule is C=C/C=C\C1=C(C=C)CCNC1. The molecule has 0 unspecified atom stereocenters. The van der Waals surface area contributed by atoms with Gasteiger partial charge in [0, 0.05) is 6.54 Å². The van der Waals surface area contributed by atoms with Gasteiger partial charge in [0.1, 0.15) is 0 Å². The number of hydrogen-bond acceptors (Lipinski definition) is 1. The largest absolute Gasteiger partial charge is 0.312 e. The normalized spacial score (nSPS) is 18.3. The molecule has 12 heavy (non-hydrogen) atoms. The van der Waals surface area contributed by atoms with Crippen molar-refractivity contribution in [2.24, 2.45) is 0 Å². The van der Waals surface area contributed by atoms with Crippen LogP contribution in [0.2, 0.25) is 0 Å². The molecule has 0 aromatic heterocycles. The molecular weight excluding hydrogens is 146 g/mol. The molecule has 1 heterocycles. The lowest BCUT2D eigenvalue weighted by Gasteiger charge is -2.16. The minimum absolute atomic E-state index is 0.950. The van der Waals surface area contributed by atoms with Crippen LogP contribution in [0.4, 0.5) is 0 Å². The molecule has 0 radical (unpaired) electrons. The molecule has 0 fully saturated rings. The van der Waals surface area contributed by atoms with Gasteiger partial charge in [0.15, 0.2) is 0 Å². The fourth-order valence-corrected chi connectivity index (χ4v) is 1.30. The van der Waals surface area contributed by atoms with E-state index in [1.165, 1.54) is 11.1 Å². The molecule has 0 spiro atoms. The van der Waals surface area contributed by atoms with Crippen molar-refractivity contribution in [2.45, 2.75) is 6.42 Å². The summed E-state index contributed by atoms with van der Waals surface area (Å²) in [5.41, 5.74) is 2.68. The Labute approximate surface area is 74.2 Å². The van der Waals surface area contributed by atoms with Crippen LogP contribution in [-0.2, 0) is 0 Å². The summed E-state index contributed by atoms with van der Waals surface area (Å²) < 4.78 is 0. The number of nitrogens with one attached hydrogen (secondary N) is 1. The Balaban J connectivity index is 2.79. The maximum atomic E-state index is 3.80. The third kappa shape index (κ3) is 2.21. The third-order valence-corrected chi connectivity index (χ3v) is 1.98. The van der Waals surface area contributed by atoms with E-state index in [9.17, 15) is 0 Å². The van der Waals surface area contributed by atoms with Gasteiger partial charge in [-0.2, -0.15) is 0 Å². The Morgan fingerprint density at radius 1 is 1.25 bits per heavy atom. The highest BCUT2D eigenvalue weighted by molar-refractivity contribution is 5.36. The fourth-order valence-electron chi connectivity index (χ4n) is 1.30. The molecule has 1 aliphatic rings. The molecule has 0 aromatic rings. The average Bonchev–Trinajstić information content (AvgIpc) is 2.15. The molecule has 1 nitrogen and oxygen atoms in total. The standard InChI is InChI=1S/C11H15N/c1-3-5-6-11-9-12-8-7-10(11)4-2/h3-6,12H,1-2,7-9H2/b6-5-. The molecule has 0 aliphatic carbocycles. The minimum Gasteiger partial charge on any atom is -0.312 e. The van der Waals surface area contributed by atoms with Gasteiger partial charge in [0.25, 0.3) is 0 Å². The maximum Gasteiger partial charge on any atom is 0.0208 e. The summed E-state index contributed by atoms with van der Waals surface area (Å²) in [6.45, 7) is 9.45. The topological polar surface area (TPSA) is 12.0 Å². The predicted molar refractivity (Wildman–Crippen MR) is 54.0 cm³/mol. The van der Waals surface area contributed by atoms with Gasteiger partial charge >= 0.3 is 0 Å². The average molecular weight is 161 g/mol. The van der Waals surface area contributed by atoms with Crippen molar-refractivity contribution >= 4 is 0 Å². The fraction of sp³-hybridized carbons (Fsp3) is 0.273. The van der Waals surface area contributed by atoms with Crippen molar-refractivity contribution in [3.63, 3.8) is 0 Å². The van der Waals surface area contributed by atoms with E-state index in [0.29, 0.717) is 0 Å². The van der Waals surface area contributed by atoms with E-state index in [0.717, 1.165) is 19.5 Å². The lowest BCUT2D eigenvalue weighted by molar-refractivity contribution is 0.696. The van der Waals surface area contributed by atoms with Crippen molar-refractivity contribution < 1.29 is 0 Å². The predicted octanol–water partition coefficient (Wildman–Crippen LogP) is 2.20. The van der Waals surface area contributed by atoms with Crippen molar-refractivity contribution in [1.82, 2.24) is 5.32 Å². The zero-order chi connectivity index (χ0) is 8.81. The first-order valence-electron chi connectivity index (χ1n) is 4.22. The molecule has 1 aliphatic heterocycles. The lowest BCUT2D eigenvalue weighted by atomic mass is 10.0. The van der Waals surface area contributed by atoms with Gasteiger partial charge in [-0.05, 0) is 24.1 Å². The second kappa shape index (κ2) is 4.73. The van der Waals surface area contributed by atoms with Gasteiger partial charge in [-0.25, -0.2) is 0 Å². The van der Waals surface area contributed by atoms with E-state index < -0.39 is 0 Å². The van der Waals surface area contributed by atoms with Gasteiger partial charge in [0.2, 0.25) is 0 Å². The van der Waals surface area contributed by atoms with Gasteiger partial charge in [-0.15, -0.1) is 0 Å². The summed E-state index contributed by atoms with van der Waals surface area (Å²) in [5, 5.41) is 3.32. The summed E-state index contributed by atoms with van der Waals surface area (Å²) >= 11 is 0. The number of rotatable bonds is 3. The summed E-state index contributed by atoms with van der Waals surface area (Å²) in [6.07, 6.45) is 8.88. The lowest BCUT2D eigenvalue weighted by Crippen LogP contribution is -2.23. The Hall–Kier alpha value is -1.08. The maximum absolute atomic E-state index is 3.80. The molecule has 64 valence electrons. The first-order valence-corrected chi connectivity index (χ1v) is 4.22. The van der Waals surface area contributed by atoms with Crippen LogP contribution in [0.5, 0.6) is 0 Å². The first-order chi connectivity index (χ1) is 5.88. The molecule has 1 rings (SSSR count). The van der Waals surface area contributed by atoms with Gasteiger partial charge in [-0.1, -0.05) is 37.5 Å².